The Morgan fingerprint density at radius 2 is 0.989 bits per heavy atom. The van der Waals surface area contributed by atoms with Crippen molar-refractivity contribution in [1.29, 1.82) is 0 Å². The lowest BCUT2D eigenvalue weighted by Gasteiger charge is -2.38. The molecule has 8 rings (SSSR count). The molecule has 21 heteroatoms. The molecule has 498 valence electrons. The molecule has 94 heavy (non-hydrogen) atoms. The number of carbonyl (C=O) groups excluding carboxylic acids is 2. The predicted octanol–water partition coefficient (Wildman–Crippen LogP) is 5.39. The van der Waals surface area contributed by atoms with Gasteiger partial charge in [-0.1, -0.05) is 117 Å². The van der Waals surface area contributed by atoms with Crippen LogP contribution in [0.4, 0.5) is 5.69 Å². The zero-order chi connectivity index (χ0) is 67.3. The maximum Gasteiger partial charge on any atom is 0.488 e. The molecule has 0 radical (unpaired) electrons. The Balaban J connectivity index is 1.17. The molecule has 0 saturated heterocycles. The Hall–Kier alpha value is -7.18. The molecule has 1 aliphatic heterocycles. The average Bonchev–Trinajstić information content (AvgIpc) is 0.722. The molecule has 0 bridgehead atoms. The lowest BCUT2D eigenvalue weighted by atomic mass is 9.77. The van der Waals surface area contributed by atoms with E-state index in [2.05, 4.69) is 163 Å². The van der Waals surface area contributed by atoms with Gasteiger partial charge < -0.3 is 64.1 Å². The van der Waals surface area contributed by atoms with Crippen molar-refractivity contribution in [3.05, 3.63) is 196 Å². The van der Waals surface area contributed by atoms with E-state index in [1.807, 2.05) is 36.4 Å². The third kappa shape index (κ3) is 19.5. The molecule has 6 aromatic rings. The molecule has 0 aromatic heterocycles. The first-order chi connectivity index (χ1) is 45.2. The summed E-state index contributed by atoms with van der Waals surface area (Å²) in [5, 5.41) is 55.3. The van der Waals surface area contributed by atoms with Crippen molar-refractivity contribution < 1.29 is 62.7 Å². The third-order valence-corrected chi connectivity index (χ3v) is 20.6. The number of benzene rings is 6. The first-order valence-electron chi connectivity index (χ1n) is 32.4. The molecule has 1 aliphatic carbocycles. The summed E-state index contributed by atoms with van der Waals surface area (Å²) in [6.07, 6.45) is 6.95. The molecule has 0 spiro atoms. The SMILES string of the molecule is C=C(C)C(=O)NCCOCCOCCOCCN(Cc1ccccc1B(O)O)Cc1c2ccccc2c(CN(CCOCCOCCOCCNC(=O)C(=C)C)Cc2ccccc2B(O)O)c2cc(C3=C4C=CC(=[N+](C)C)C=C4[Si](C)(C)c4cc(N(C)C)ccc43)ccc12. The van der Waals surface area contributed by atoms with Crippen molar-refractivity contribution in [2.24, 2.45) is 0 Å². The minimum atomic E-state index is -2.30. The number of nitrogens with one attached hydrogen (secondary N) is 2. The van der Waals surface area contributed by atoms with Crippen LogP contribution >= 0.6 is 0 Å². The van der Waals surface area contributed by atoms with E-state index in [4.69, 9.17) is 28.4 Å². The number of amides is 2. The zero-order valence-corrected chi connectivity index (χ0v) is 57.2. The van der Waals surface area contributed by atoms with E-state index >= 15 is 0 Å². The molecule has 0 atom stereocenters. The number of anilines is 1. The van der Waals surface area contributed by atoms with Crippen molar-refractivity contribution in [3.8, 4) is 0 Å². The smallest absolute Gasteiger partial charge is 0.423 e. The molecular formula is C73H95B2N6O12Si+. The lowest BCUT2D eigenvalue weighted by Crippen LogP contribution is -2.49. The minimum Gasteiger partial charge on any atom is -0.423 e. The number of nitrogens with zero attached hydrogens (tertiary/aromatic N) is 4. The van der Waals surface area contributed by atoms with Gasteiger partial charge in [-0.25, -0.2) is 4.58 Å². The van der Waals surface area contributed by atoms with Gasteiger partial charge in [-0.2, -0.15) is 0 Å². The van der Waals surface area contributed by atoms with Gasteiger partial charge in [0.25, 0.3) is 0 Å². The topological polar surface area (TPSA) is 207 Å². The summed E-state index contributed by atoms with van der Waals surface area (Å²) < 4.78 is 37.7. The van der Waals surface area contributed by atoms with Crippen LogP contribution in [0.2, 0.25) is 13.1 Å². The summed E-state index contributed by atoms with van der Waals surface area (Å²) in [4.78, 5) is 30.4. The predicted molar refractivity (Wildman–Crippen MR) is 381 cm³/mol. The average molecular weight is 1300 g/mol. The van der Waals surface area contributed by atoms with Gasteiger partial charge >= 0.3 is 14.2 Å². The highest BCUT2D eigenvalue weighted by molar-refractivity contribution is 6.98. The number of allylic oxidation sites excluding steroid dienone is 5. The molecule has 6 N–H and O–H groups in total. The highest BCUT2D eigenvalue weighted by Gasteiger charge is 2.41. The van der Waals surface area contributed by atoms with Crippen LogP contribution in [0, 0.1) is 0 Å². The first kappa shape index (κ1) is 72.6. The fourth-order valence-electron chi connectivity index (χ4n) is 12.0. The lowest BCUT2D eigenvalue weighted by molar-refractivity contribution is -0.462. The molecule has 0 unspecified atom stereocenters. The molecule has 2 amide bonds. The van der Waals surface area contributed by atoms with Gasteiger partial charge in [-0.05, 0) is 126 Å². The van der Waals surface area contributed by atoms with Crippen LogP contribution in [0.3, 0.4) is 0 Å². The number of rotatable bonds is 38. The van der Waals surface area contributed by atoms with Crippen molar-refractivity contribution in [2.45, 2.75) is 53.1 Å². The largest absolute Gasteiger partial charge is 0.488 e. The van der Waals surface area contributed by atoms with E-state index in [1.165, 1.54) is 27.1 Å². The summed E-state index contributed by atoms with van der Waals surface area (Å²) >= 11 is 0. The molecule has 18 nitrogen and oxygen atoms in total. The monoisotopic (exact) mass is 1300 g/mol. The molecule has 0 saturated carbocycles. The van der Waals surface area contributed by atoms with E-state index in [9.17, 15) is 29.7 Å². The third-order valence-electron chi connectivity index (χ3n) is 17.1. The Kier molecular flexibility index (Phi) is 27.5. The fourth-order valence-corrected chi connectivity index (χ4v) is 15.1. The van der Waals surface area contributed by atoms with E-state index in [-0.39, 0.29) is 11.8 Å². The Labute approximate surface area is 556 Å². The van der Waals surface area contributed by atoms with Gasteiger partial charge in [0.15, 0.2) is 5.71 Å². The molecular weight excluding hydrogens is 1200 g/mol. The minimum absolute atomic E-state index is 0.201. The maximum atomic E-state index is 11.8. The molecule has 0 fully saturated rings. The second-order valence-electron chi connectivity index (χ2n) is 24.8. The number of carbonyl (C=O) groups is 2. The Morgan fingerprint density at radius 3 is 1.46 bits per heavy atom. The summed E-state index contributed by atoms with van der Waals surface area (Å²) in [7, 11) is 2.73. The van der Waals surface area contributed by atoms with Crippen LogP contribution < -0.4 is 31.6 Å². The van der Waals surface area contributed by atoms with Gasteiger partial charge in [0.05, 0.1) is 79.3 Å². The van der Waals surface area contributed by atoms with Crippen molar-refractivity contribution in [2.75, 3.05) is 139 Å². The quantitative estimate of drug-likeness (QED) is 0.00946. The second kappa shape index (κ2) is 35.5. The number of fused-ring (bicyclic) bond motifs is 4. The number of hydrogen-bond donors (Lipinski definition) is 6. The molecule has 2 aliphatic rings. The maximum absolute atomic E-state index is 11.8. The number of hydrogen-bond acceptors (Lipinski definition) is 15. The van der Waals surface area contributed by atoms with Gasteiger partial charge in [0.1, 0.15) is 22.2 Å². The highest BCUT2D eigenvalue weighted by Crippen LogP contribution is 2.44. The summed E-state index contributed by atoms with van der Waals surface area (Å²) in [5.74, 6) is -0.402. The Bertz CT molecular complexity index is 3750. The Morgan fingerprint density at radius 1 is 0.543 bits per heavy atom. The van der Waals surface area contributed by atoms with Crippen LogP contribution in [-0.4, -0.2) is 208 Å². The van der Waals surface area contributed by atoms with Gasteiger partial charge in [0.2, 0.25) is 11.8 Å². The van der Waals surface area contributed by atoms with Crippen molar-refractivity contribution in [3.63, 3.8) is 0 Å². The van der Waals surface area contributed by atoms with Crippen molar-refractivity contribution in [1.82, 2.24) is 20.4 Å². The van der Waals surface area contributed by atoms with E-state index in [0.717, 1.165) is 60.8 Å². The van der Waals surface area contributed by atoms with E-state index in [1.54, 1.807) is 26.0 Å². The highest BCUT2D eigenvalue weighted by atomic mass is 28.3. The second-order valence-corrected chi connectivity index (χ2v) is 29.2. The van der Waals surface area contributed by atoms with Gasteiger partial charge in [-0.3, -0.25) is 19.4 Å². The van der Waals surface area contributed by atoms with Gasteiger partial charge in [0, 0.05) is 95.4 Å². The van der Waals surface area contributed by atoms with Crippen LogP contribution in [0.5, 0.6) is 0 Å². The number of ether oxygens (including phenoxy) is 6. The van der Waals surface area contributed by atoms with E-state index in [0.29, 0.717) is 154 Å². The fraction of sp³-hybridized carbons (Fsp3) is 0.384. The van der Waals surface area contributed by atoms with Crippen LogP contribution in [0.25, 0.3) is 27.1 Å². The van der Waals surface area contributed by atoms with Gasteiger partial charge in [-0.15, -0.1) is 0 Å². The van der Waals surface area contributed by atoms with Crippen molar-refractivity contribution >= 4 is 88.8 Å². The molecule has 1 heterocycles. The molecule has 6 aromatic carbocycles. The standard InChI is InChI=1S/C73H94B2N6O12Si/c1-52(2)72(82)76-29-33-88-37-41-92-43-39-90-35-31-80(48-55-17-11-15-21-67(55)74(84)85)50-65-59-19-13-14-20-60(59)66(51-81(49-56-18-12-16-22-68(56)75(86)87)32-36-91-40-44-93-42-38-89-34-30-77-73(83)53(3)4)64-45-54(23-26-61(64)65)71-62-27-24-57(78(5)6)46-69(62)94(9,10)70-47-58(79(7)8)25-28-63(70)71/h11-28,45-47,84-87H,1,3,29-44,48-51H2,2,4-10H3,(H-,76,77,82,83)/p+1. The normalized spacial score (nSPS) is 13.3. The van der Waals surface area contributed by atoms with Crippen LogP contribution in [0.1, 0.15) is 47.2 Å². The van der Waals surface area contributed by atoms with E-state index < -0.39 is 22.3 Å². The summed E-state index contributed by atoms with van der Waals surface area (Å²) in [6, 6.07) is 37.3. The summed E-state index contributed by atoms with van der Waals surface area (Å²) in [5.41, 5.74) is 12.5. The first-order valence-corrected chi connectivity index (χ1v) is 35.4. The van der Waals surface area contributed by atoms with Crippen LogP contribution in [-0.2, 0) is 64.2 Å². The summed E-state index contributed by atoms with van der Waals surface area (Å²) in [6.45, 7) is 23.4. The zero-order valence-electron chi connectivity index (χ0n) is 56.2. The van der Waals surface area contributed by atoms with Crippen LogP contribution in [0.15, 0.2) is 162 Å².